The van der Waals surface area contributed by atoms with Gasteiger partial charge in [-0.2, -0.15) is 4.98 Å². The van der Waals surface area contributed by atoms with Gasteiger partial charge in [-0.1, -0.05) is 17.7 Å². The van der Waals surface area contributed by atoms with Crippen molar-refractivity contribution in [3.05, 3.63) is 47.5 Å². The molecule has 4 aromatic rings. The lowest BCUT2D eigenvalue weighted by atomic mass is 9.80. The molecule has 6 rings (SSSR count). The predicted molar refractivity (Wildman–Crippen MR) is 152 cm³/mol. The van der Waals surface area contributed by atoms with Crippen LogP contribution in [-0.4, -0.2) is 45.7 Å². The van der Waals surface area contributed by atoms with Gasteiger partial charge in [0.15, 0.2) is 11.5 Å². The van der Waals surface area contributed by atoms with Crippen LogP contribution in [0.25, 0.3) is 22.8 Å². The van der Waals surface area contributed by atoms with Crippen LogP contribution in [0.15, 0.2) is 40.6 Å². The van der Waals surface area contributed by atoms with Crippen molar-refractivity contribution in [1.29, 1.82) is 0 Å². The van der Waals surface area contributed by atoms with Crippen LogP contribution in [-0.2, 0) is 6.54 Å². The molecule has 2 aliphatic carbocycles. The van der Waals surface area contributed by atoms with E-state index in [1.165, 1.54) is 19.3 Å². The van der Waals surface area contributed by atoms with Gasteiger partial charge in [0.2, 0.25) is 17.6 Å². The highest BCUT2D eigenvalue weighted by Gasteiger charge is 2.29. The van der Waals surface area contributed by atoms with Crippen molar-refractivity contribution < 1.29 is 4.52 Å². The van der Waals surface area contributed by atoms with E-state index in [0.29, 0.717) is 35.2 Å². The van der Waals surface area contributed by atoms with Crippen LogP contribution in [0, 0.1) is 17.8 Å². The molecule has 0 spiro atoms. The first-order valence-electron chi connectivity index (χ1n) is 14.2. The van der Waals surface area contributed by atoms with E-state index in [-0.39, 0.29) is 23.7 Å². The van der Waals surface area contributed by atoms with Crippen molar-refractivity contribution in [3.63, 3.8) is 0 Å². The first-order valence-corrected chi connectivity index (χ1v) is 14.2. The van der Waals surface area contributed by atoms with Gasteiger partial charge in [0, 0.05) is 18.8 Å². The second-order valence-corrected chi connectivity index (χ2v) is 11.2. The fourth-order valence-corrected chi connectivity index (χ4v) is 5.82. The van der Waals surface area contributed by atoms with Gasteiger partial charge in [-0.15, -0.1) is 6.58 Å². The minimum absolute atomic E-state index is 0.111. The summed E-state index contributed by atoms with van der Waals surface area (Å²) in [5, 5.41) is 11.1. The summed E-state index contributed by atoms with van der Waals surface area (Å²) in [6.07, 6.45) is 13.6. The summed E-state index contributed by atoms with van der Waals surface area (Å²) in [5.41, 5.74) is 2.22. The van der Waals surface area contributed by atoms with Gasteiger partial charge < -0.3 is 15.2 Å². The lowest BCUT2D eigenvalue weighted by molar-refractivity contribution is 0.283. The summed E-state index contributed by atoms with van der Waals surface area (Å²) in [5.74, 6) is 2.82. The summed E-state index contributed by atoms with van der Waals surface area (Å²) < 4.78 is 6.97. The Balaban J connectivity index is 1.44. The first-order chi connectivity index (χ1) is 19.5. The summed E-state index contributed by atoms with van der Waals surface area (Å²) >= 11 is 0. The molecule has 12 heteroatoms. The van der Waals surface area contributed by atoms with E-state index in [1.807, 2.05) is 6.07 Å². The number of aromatic nitrogens is 8. The maximum absolute atomic E-state index is 11.7. The zero-order chi connectivity index (χ0) is 27.6. The molecule has 0 aliphatic heterocycles. The smallest absolute Gasteiger partial charge is 0.365 e. The zero-order valence-corrected chi connectivity index (χ0v) is 23.0. The Morgan fingerprint density at radius 2 is 1.98 bits per heavy atom. The van der Waals surface area contributed by atoms with Crippen LogP contribution in [0.5, 0.6) is 0 Å². The van der Waals surface area contributed by atoms with Crippen molar-refractivity contribution in [2.24, 2.45) is 17.8 Å². The molecule has 0 aromatic carbocycles. The maximum Gasteiger partial charge on any atom is 0.439 e. The summed E-state index contributed by atoms with van der Waals surface area (Å²) in [7, 11) is 0. The van der Waals surface area contributed by atoms with Gasteiger partial charge in [-0.05, 0) is 76.2 Å². The molecule has 2 saturated carbocycles. The van der Waals surface area contributed by atoms with E-state index in [4.69, 9.17) is 19.5 Å². The normalized spacial score (nSPS) is 21.1. The van der Waals surface area contributed by atoms with Crippen LogP contribution in [0.4, 0.5) is 11.8 Å². The molecule has 0 saturated heterocycles. The Labute approximate surface area is 232 Å². The number of fused-ring (bicyclic) bond motifs is 1. The maximum atomic E-state index is 11.7. The highest BCUT2D eigenvalue weighted by molar-refractivity contribution is 5.87. The third kappa shape index (κ3) is 5.34. The minimum atomic E-state index is -0.655. The van der Waals surface area contributed by atoms with Crippen molar-refractivity contribution in [3.8, 4) is 11.6 Å². The predicted octanol–water partition coefficient (Wildman–Crippen LogP) is 4.73. The number of nitrogens with one attached hydrogen (secondary N) is 3. The molecule has 210 valence electrons. The average molecular weight is 545 g/mol. The summed E-state index contributed by atoms with van der Waals surface area (Å²) in [4.78, 5) is 37.3. The standard InChI is InChI=1S/C28H36N10O2/c1-4-18-8-10-19(11-9-18)14-38-22-23(31-16(2)20-6-5-7-20)33-25(26-36-28(39)40-37-26)34-24(22)35-27(38)32-17(3)21-12-13-29-15-30-21/h4,12-13,15-20H,1,5-11,14H2,2-3H3,(H,36,37,39)(H2,31,32,33,34,35)/t16-,17?,18-,19-/m1/s1. The Morgan fingerprint density at radius 3 is 2.62 bits per heavy atom. The molecule has 3 N–H and O–H groups in total. The van der Waals surface area contributed by atoms with Gasteiger partial charge in [0.1, 0.15) is 11.8 Å². The second kappa shape index (κ2) is 11.2. The van der Waals surface area contributed by atoms with Gasteiger partial charge in [-0.25, -0.2) is 24.7 Å². The average Bonchev–Trinajstić information content (AvgIpc) is 3.52. The van der Waals surface area contributed by atoms with Crippen molar-refractivity contribution in [2.75, 3.05) is 10.6 Å². The number of rotatable bonds is 10. The summed E-state index contributed by atoms with van der Waals surface area (Å²) in [6, 6.07) is 2.01. The van der Waals surface area contributed by atoms with E-state index in [1.54, 1.807) is 12.5 Å². The van der Waals surface area contributed by atoms with Gasteiger partial charge in [-0.3, -0.25) is 9.51 Å². The van der Waals surface area contributed by atoms with E-state index >= 15 is 0 Å². The molecule has 4 heterocycles. The Hall–Kier alpha value is -4.09. The van der Waals surface area contributed by atoms with Crippen LogP contribution < -0.4 is 16.4 Å². The van der Waals surface area contributed by atoms with Gasteiger partial charge in [0.25, 0.3) is 0 Å². The van der Waals surface area contributed by atoms with E-state index in [9.17, 15) is 4.79 Å². The lowest BCUT2D eigenvalue weighted by Gasteiger charge is -2.32. The van der Waals surface area contributed by atoms with E-state index in [2.05, 4.69) is 61.8 Å². The third-order valence-electron chi connectivity index (χ3n) is 8.54. The Kier molecular flexibility index (Phi) is 7.31. The van der Waals surface area contributed by atoms with Crippen molar-refractivity contribution in [2.45, 2.75) is 77.4 Å². The molecule has 0 radical (unpaired) electrons. The highest BCUT2D eigenvalue weighted by Crippen LogP contribution is 2.36. The second-order valence-electron chi connectivity index (χ2n) is 11.2. The Bertz CT molecular complexity index is 1520. The molecule has 4 aromatic heterocycles. The molecular formula is C28H36N10O2. The number of nitrogens with zero attached hydrogens (tertiary/aromatic N) is 7. The van der Waals surface area contributed by atoms with Gasteiger partial charge in [0.05, 0.1) is 11.7 Å². The molecule has 2 aliphatic rings. The summed E-state index contributed by atoms with van der Waals surface area (Å²) in [6.45, 7) is 9.04. The fraction of sp³-hybridized carbons (Fsp3) is 0.536. The zero-order valence-electron chi connectivity index (χ0n) is 23.0. The van der Waals surface area contributed by atoms with Crippen LogP contribution in [0.2, 0.25) is 0 Å². The van der Waals surface area contributed by atoms with Crippen LogP contribution in [0.3, 0.4) is 0 Å². The first kappa shape index (κ1) is 26.1. The highest BCUT2D eigenvalue weighted by atomic mass is 16.5. The SMILES string of the molecule is C=C[C@H]1CC[C@H](Cn2c(NC(C)c3ccncn3)nc3nc(-c4noc(=O)[nH]4)nc(N[C@H](C)C4CCC4)c32)CC1. The van der Waals surface area contributed by atoms with Crippen molar-refractivity contribution >= 4 is 22.9 Å². The van der Waals surface area contributed by atoms with Crippen LogP contribution in [0.1, 0.15) is 70.5 Å². The van der Waals surface area contributed by atoms with E-state index < -0.39 is 5.76 Å². The molecule has 0 bridgehead atoms. The molecule has 1 unspecified atom stereocenters. The van der Waals surface area contributed by atoms with Crippen molar-refractivity contribution in [1.82, 2.24) is 39.6 Å². The number of allylic oxidation sites excluding steroid dienone is 1. The number of anilines is 2. The molecule has 40 heavy (non-hydrogen) atoms. The van der Waals surface area contributed by atoms with Gasteiger partial charge >= 0.3 is 5.76 Å². The Morgan fingerprint density at radius 1 is 1.15 bits per heavy atom. The number of hydrogen-bond donors (Lipinski definition) is 3. The number of aromatic amines is 1. The molecule has 2 fully saturated rings. The number of hydrogen-bond acceptors (Lipinski definition) is 10. The van der Waals surface area contributed by atoms with E-state index in [0.717, 1.165) is 43.4 Å². The molecule has 2 atom stereocenters. The molecular weight excluding hydrogens is 508 g/mol. The van der Waals surface area contributed by atoms with Crippen LogP contribution >= 0.6 is 0 Å². The molecule has 12 nitrogen and oxygen atoms in total. The quantitative estimate of drug-likeness (QED) is 0.239. The lowest BCUT2D eigenvalue weighted by Crippen LogP contribution is -2.31. The fourth-order valence-electron chi connectivity index (χ4n) is 5.82. The molecule has 0 amide bonds. The number of H-pyrrole nitrogens is 1. The largest absolute Gasteiger partial charge is 0.439 e. The topological polar surface area (TPSA) is 152 Å². The number of imidazole rings is 1. The monoisotopic (exact) mass is 544 g/mol. The minimum Gasteiger partial charge on any atom is -0.365 e. The third-order valence-corrected chi connectivity index (χ3v) is 8.54.